The van der Waals surface area contributed by atoms with Crippen molar-refractivity contribution in [3.8, 4) is 0 Å². The zero-order valence-electron chi connectivity index (χ0n) is 27.5. The van der Waals surface area contributed by atoms with Crippen molar-refractivity contribution in [3.63, 3.8) is 0 Å². The lowest BCUT2D eigenvalue weighted by Crippen LogP contribution is -2.49. The molecule has 4 aromatic heterocycles. The minimum Gasteiger partial charge on any atom is -0.756 e. The van der Waals surface area contributed by atoms with Gasteiger partial charge < -0.3 is 49.7 Å². The van der Waals surface area contributed by atoms with Crippen LogP contribution in [0.25, 0.3) is 22.3 Å². The Morgan fingerprint density at radius 3 is 2.20 bits per heavy atom. The fourth-order valence-electron chi connectivity index (χ4n) is 6.61. The van der Waals surface area contributed by atoms with Gasteiger partial charge in [-0.25, -0.2) is 14.4 Å². The molecule has 0 aromatic carbocycles. The summed E-state index contributed by atoms with van der Waals surface area (Å²) >= 11 is 0. The van der Waals surface area contributed by atoms with E-state index in [4.69, 9.17) is 19.7 Å². The van der Waals surface area contributed by atoms with Crippen LogP contribution in [-0.4, -0.2) is 116 Å². The quantitative estimate of drug-likeness (QED) is 0.0727. The number of nitrogen functional groups attached to an aromatic ring is 1. The number of aliphatic hydroxyl groups excluding tert-OH is 3. The summed E-state index contributed by atoms with van der Waals surface area (Å²) in [5.41, 5.74) is 3.76. The van der Waals surface area contributed by atoms with Crippen LogP contribution in [0.2, 0.25) is 0 Å². The summed E-state index contributed by atoms with van der Waals surface area (Å²) in [5.74, 6) is -1.88. The highest BCUT2D eigenvalue weighted by Crippen LogP contribution is 2.48. The van der Waals surface area contributed by atoms with E-state index in [2.05, 4.69) is 29.9 Å². The van der Waals surface area contributed by atoms with E-state index in [1.165, 1.54) is 4.57 Å². The van der Waals surface area contributed by atoms with E-state index in [0.29, 0.717) is 13.1 Å². The summed E-state index contributed by atoms with van der Waals surface area (Å²) in [5, 5.41) is 32.7. The van der Waals surface area contributed by atoms with Crippen molar-refractivity contribution in [2.45, 2.75) is 88.7 Å². The van der Waals surface area contributed by atoms with Crippen molar-refractivity contribution < 1.29 is 48.1 Å². The second-order valence-corrected chi connectivity index (χ2v) is 13.6. The lowest BCUT2D eigenvalue weighted by atomic mass is 9.87. The van der Waals surface area contributed by atoms with Crippen molar-refractivity contribution >= 4 is 42.0 Å². The Morgan fingerprint density at radius 1 is 1.02 bits per heavy atom. The maximum Gasteiger partial charge on any atom is 0.280 e. The van der Waals surface area contributed by atoms with Crippen molar-refractivity contribution in [2.75, 3.05) is 30.3 Å². The molecule has 10 atom stereocenters. The molecule has 2 aliphatic heterocycles. The number of imidazole rings is 2. The van der Waals surface area contributed by atoms with Crippen LogP contribution in [0.4, 0.5) is 16.3 Å². The van der Waals surface area contributed by atoms with Crippen molar-refractivity contribution in [1.29, 1.82) is 0 Å². The molecule has 6 rings (SSSR count). The number of hydrogen-bond acceptors (Lipinski definition) is 16. The molecule has 4 aromatic rings. The van der Waals surface area contributed by atoms with Gasteiger partial charge in [-0.3, -0.25) is 33.3 Å². The molecular formula is C28H39FN10O11P-. The largest absolute Gasteiger partial charge is 0.756 e. The molecule has 2 saturated heterocycles. The van der Waals surface area contributed by atoms with Crippen LogP contribution in [0.1, 0.15) is 52.0 Å². The van der Waals surface area contributed by atoms with Gasteiger partial charge in [0.1, 0.15) is 24.4 Å². The van der Waals surface area contributed by atoms with Gasteiger partial charge in [0.2, 0.25) is 11.9 Å². The monoisotopic (exact) mass is 741 g/mol. The number of nitrogens with zero attached hydrogens (tertiary/aromatic N) is 7. The average molecular weight is 742 g/mol. The standard InChI is InChI=1S/C28H40FN10O11P/c1-3-5-7-37(8-6-4-2)28-34-22-16(24(44)36-28)32-11-39(22)26-18(42)17(41)20(49-26)19(50-51(45,46)47)13-12(9-40)48-25(14(13)29)38-10-31-15-21(38)33-27(30)35-23(15)43/h10-14,17-20,25-26,40-42H,3-9H2,1-2H3,(H,34,36,44)(H2,45,46,47)(H3,30,33,35,43)/p-1/t12-,13-,14+,17-,18+,19?,20+,25+,26+/m0/s1. The molecule has 0 aliphatic carbocycles. The van der Waals surface area contributed by atoms with Gasteiger partial charge in [-0.15, -0.1) is 0 Å². The minimum absolute atomic E-state index is 0.0348. The van der Waals surface area contributed by atoms with Gasteiger partial charge in [0.15, 0.2) is 41.0 Å². The number of phosphoric acid groups is 1. The van der Waals surface area contributed by atoms with E-state index in [0.717, 1.165) is 42.9 Å². The molecule has 23 heteroatoms. The topological polar surface area (TPSA) is 305 Å². The maximum atomic E-state index is 16.6. The van der Waals surface area contributed by atoms with E-state index in [1.807, 2.05) is 18.7 Å². The maximum absolute atomic E-state index is 16.6. The molecule has 0 saturated carbocycles. The molecule has 51 heavy (non-hydrogen) atoms. The second kappa shape index (κ2) is 14.6. The first kappa shape index (κ1) is 36.9. The van der Waals surface area contributed by atoms with Gasteiger partial charge in [0.25, 0.3) is 18.9 Å². The first-order valence-electron chi connectivity index (χ1n) is 16.4. The Kier molecular flexibility index (Phi) is 10.6. The van der Waals surface area contributed by atoms with Gasteiger partial charge in [0.05, 0.1) is 31.3 Å². The predicted octanol–water partition coefficient (Wildman–Crippen LogP) is -1.45. The first-order chi connectivity index (χ1) is 24.3. The van der Waals surface area contributed by atoms with Crippen molar-refractivity contribution in [3.05, 3.63) is 33.4 Å². The fourth-order valence-corrected chi connectivity index (χ4v) is 7.18. The Bertz CT molecular complexity index is 2010. The molecule has 8 N–H and O–H groups in total. The first-order valence-corrected chi connectivity index (χ1v) is 17.9. The molecule has 6 heterocycles. The molecule has 2 unspecified atom stereocenters. The number of hydrogen-bond donors (Lipinski definition) is 7. The normalized spacial score (nSPS) is 28.5. The Hall–Kier alpha value is -3.86. The summed E-state index contributed by atoms with van der Waals surface area (Å²) in [6, 6.07) is 0. The second-order valence-electron chi connectivity index (χ2n) is 12.5. The van der Waals surface area contributed by atoms with Gasteiger partial charge in [-0.2, -0.15) is 9.97 Å². The lowest BCUT2D eigenvalue weighted by molar-refractivity contribution is -0.234. The Labute approximate surface area is 287 Å². The van der Waals surface area contributed by atoms with Crippen LogP contribution in [0.15, 0.2) is 22.2 Å². The van der Waals surface area contributed by atoms with E-state index in [-0.39, 0.29) is 34.2 Å². The summed E-state index contributed by atoms with van der Waals surface area (Å²) in [6.45, 7) is 4.31. The fraction of sp³-hybridized carbons (Fsp3) is 0.643. The van der Waals surface area contributed by atoms with Crippen LogP contribution in [0.5, 0.6) is 0 Å². The van der Waals surface area contributed by atoms with Gasteiger partial charge >= 0.3 is 0 Å². The zero-order chi connectivity index (χ0) is 36.8. The highest BCUT2D eigenvalue weighted by Gasteiger charge is 2.58. The highest BCUT2D eigenvalue weighted by molar-refractivity contribution is 7.44. The van der Waals surface area contributed by atoms with E-state index < -0.39 is 80.6 Å². The number of phosphoric ester groups is 1. The number of alkyl halides is 1. The van der Waals surface area contributed by atoms with Crippen LogP contribution in [-0.2, 0) is 18.6 Å². The number of fused-ring (bicyclic) bond motifs is 2. The third kappa shape index (κ3) is 7.02. The number of H-pyrrole nitrogens is 2. The number of aliphatic hydroxyl groups is 3. The number of nitrogens with two attached hydrogens (primary N) is 1. The summed E-state index contributed by atoms with van der Waals surface area (Å²) in [4.78, 5) is 70.9. The third-order valence-electron chi connectivity index (χ3n) is 9.08. The number of unbranched alkanes of at least 4 members (excludes halogenated alkanes) is 2. The smallest absolute Gasteiger partial charge is 0.280 e. The Morgan fingerprint density at radius 2 is 1.61 bits per heavy atom. The molecule has 0 radical (unpaired) electrons. The molecule has 280 valence electrons. The number of rotatable bonds is 14. The lowest BCUT2D eigenvalue weighted by Gasteiger charge is -2.35. The minimum atomic E-state index is -5.73. The SMILES string of the molecule is CCCCN(CCCC)c1nc2c(ncn2[C@@H]2O[C@@H](C(OP(=O)([O-])O)[C@@H]3[C@@H](F)[C@H](n4cnc5c(=O)[nH]c(N)nc54)O[C@H]3CO)[C@@H](O)[C@H]2O)c(=O)[nH]1. The number of aromatic nitrogens is 8. The number of halogens is 1. The summed E-state index contributed by atoms with van der Waals surface area (Å²) in [6.07, 6.45) is -9.42. The van der Waals surface area contributed by atoms with Gasteiger partial charge in [0, 0.05) is 13.1 Å². The zero-order valence-corrected chi connectivity index (χ0v) is 28.4. The van der Waals surface area contributed by atoms with Crippen molar-refractivity contribution in [1.82, 2.24) is 39.0 Å². The number of nitrogens with one attached hydrogen (secondary N) is 2. The molecule has 0 spiro atoms. The predicted molar refractivity (Wildman–Crippen MR) is 173 cm³/mol. The Balaban J connectivity index is 1.36. The average Bonchev–Trinajstić information content (AvgIpc) is 3.84. The third-order valence-corrected chi connectivity index (χ3v) is 9.59. The molecule has 0 bridgehead atoms. The summed E-state index contributed by atoms with van der Waals surface area (Å²) in [7, 11) is -5.73. The van der Waals surface area contributed by atoms with Gasteiger partial charge in [-0.1, -0.05) is 26.7 Å². The van der Waals surface area contributed by atoms with Crippen LogP contribution in [0.3, 0.4) is 0 Å². The molecule has 21 nitrogen and oxygen atoms in total. The van der Waals surface area contributed by atoms with E-state index >= 15 is 4.39 Å². The van der Waals surface area contributed by atoms with E-state index in [1.54, 1.807) is 0 Å². The van der Waals surface area contributed by atoms with Crippen LogP contribution >= 0.6 is 7.82 Å². The highest BCUT2D eigenvalue weighted by atomic mass is 31.2. The number of anilines is 2. The molecule has 2 fully saturated rings. The summed E-state index contributed by atoms with van der Waals surface area (Å²) < 4.78 is 47.5. The number of aromatic amines is 2. The van der Waals surface area contributed by atoms with Crippen LogP contribution < -0.4 is 26.6 Å². The van der Waals surface area contributed by atoms with E-state index in [9.17, 15) is 39.3 Å². The van der Waals surface area contributed by atoms with Gasteiger partial charge in [-0.05, 0) is 12.8 Å². The number of ether oxygens (including phenoxy) is 2. The molecule has 2 aliphatic rings. The van der Waals surface area contributed by atoms with Crippen LogP contribution in [0, 0.1) is 5.92 Å². The molecular weight excluding hydrogens is 702 g/mol. The van der Waals surface area contributed by atoms with Crippen molar-refractivity contribution in [2.24, 2.45) is 5.92 Å². The molecule has 0 amide bonds.